The summed E-state index contributed by atoms with van der Waals surface area (Å²) in [6, 6.07) is 7.18. The molecule has 0 aliphatic carbocycles. The number of nitrogens with zero attached hydrogens (tertiary/aromatic N) is 3. The molecule has 1 aromatic heterocycles. The Morgan fingerprint density at radius 1 is 1.35 bits per heavy atom. The van der Waals surface area contributed by atoms with E-state index in [1.807, 2.05) is 18.2 Å². The Hall–Kier alpha value is -2.76. The molecule has 2 aromatic rings. The maximum atomic E-state index is 11.6. The second-order valence-corrected chi connectivity index (χ2v) is 4.54. The molecule has 1 aromatic carbocycles. The molecule has 3 rings (SSSR count). The van der Waals surface area contributed by atoms with Crippen molar-refractivity contribution < 1.29 is 14.7 Å². The molecule has 1 N–H and O–H groups in total. The third kappa shape index (κ3) is 1.91. The fourth-order valence-electron chi connectivity index (χ4n) is 2.25. The van der Waals surface area contributed by atoms with Gasteiger partial charge in [0.1, 0.15) is 0 Å². The van der Waals surface area contributed by atoms with E-state index in [2.05, 4.69) is 9.97 Å². The van der Waals surface area contributed by atoms with Gasteiger partial charge in [-0.25, -0.2) is 14.8 Å². The van der Waals surface area contributed by atoms with Crippen molar-refractivity contribution in [1.82, 2.24) is 9.97 Å². The Bertz CT molecular complexity index is 727. The predicted molar refractivity (Wildman–Crippen MR) is 71.5 cm³/mol. The van der Waals surface area contributed by atoms with Gasteiger partial charge in [-0.05, 0) is 23.8 Å². The van der Waals surface area contributed by atoms with Crippen LogP contribution in [0.1, 0.15) is 16.2 Å². The van der Waals surface area contributed by atoms with Crippen molar-refractivity contribution in [2.45, 2.75) is 6.42 Å². The molecule has 0 unspecified atom stereocenters. The van der Waals surface area contributed by atoms with Crippen LogP contribution in [0.5, 0.6) is 0 Å². The van der Waals surface area contributed by atoms with E-state index in [9.17, 15) is 9.59 Å². The van der Waals surface area contributed by atoms with Crippen LogP contribution >= 0.6 is 0 Å². The van der Waals surface area contributed by atoms with E-state index < -0.39 is 5.97 Å². The Morgan fingerprint density at radius 3 is 2.90 bits per heavy atom. The predicted octanol–water partition coefficient (Wildman–Crippen LogP) is 1.36. The number of rotatable bonds is 2. The number of aromatic carboxylic acids is 1. The molecule has 100 valence electrons. The highest BCUT2D eigenvalue weighted by atomic mass is 16.4. The zero-order valence-electron chi connectivity index (χ0n) is 10.7. The van der Waals surface area contributed by atoms with Gasteiger partial charge in [0.15, 0.2) is 0 Å². The zero-order valence-corrected chi connectivity index (χ0v) is 10.7. The van der Waals surface area contributed by atoms with E-state index >= 15 is 0 Å². The number of hydrogen-bond donors (Lipinski definition) is 1. The number of anilines is 1. The number of benzene rings is 1. The lowest BCUT2D eigenvalue weighted by atomic mass is 10.1. The fourth-order valence-corrected chi connectivity index (χ4v) is 2.25. The van der Waals surface area contributed by atoms with E-state index in [0.29, 0.717) is 12.1 Å². The number of fused-ring (bicyclic) bond motifs is 1. The molecule has 0 spiro atoms. The maximum Gasteiger partial charge on any atom is 0.373 e. The summed E-state index contributed by atoms with van der Waals surface area (Å²) in [5.41, 5.74) is 3.11. The molecule has 1 aliphatic heterocycles. The van der Waals surface area contributed by atoms with Gasteiger partial charge >= 0.3 is 5.97 Å². The molecule has 2 heterocycles. The van der Waals surface area contributed by atoms with Gasteiger partial charge in [0, 0.05) is 24.5 Å². The topological polar surface area (TPSA) is 83.4 Å². The number of amides is 1. The highest BCUT2D eigenvalue weighted by molar-refractivity contribution is 6.01. The Labute approximate surface area is 114 Å². The number of aromatic nitrogens is 2. The summed E-state index contributed by atoms with van der Waals surface area (Å²) in [4.78, 5) is 31.8. The minimum absolute atomic E-state index is 0.0473. The van der Waals surface area contributed by atoms with Gasteiger partial charge in [0.05, 0.1) is 12.1 Å². The molecule has 0 bridgehead atoms. The molecular formula is C14H11N3O3. The number of carbonyl (C=O) groups is 2. The number of hydrogen-bond acceptors (Lipinski definition) is 4. The summed E-state index contributed by atoms with van der Waals surface area (Å²) >= 11 is 0. The largest absolute Gasteiger partial charge is 0.475 e. The third-order valence-corrected chi connectivity index (χ3v) is 3.30. The normalized spacial score (nSPS) is 13.4. The lowest BCUT2D eigenvalue weighted by molar-refractivity contribution is -0.117. The molecule has 0 saturated carbocycles. The average molecular weight is 269 g/mol. The Kier molecular flexibility index (Phi) is 2.71. The fraction of sp³-hybridized carbons (Fsp3) is 0.143. The monoisotopic (exact) mass is 269 g/mol. The summed E-state index contributed by atoms with van der Waals surface area (Å²) in [6.45, 7) is 0. The molecule has 1 aliphatic rings. The minimum atomic E-state index is -1.16. The van der Waals surface area contributed by atoms with Gasteiger partial charge in [0.2, 0.25) is 11.7 Å². The lowest BCUT2D eigenvalue weighted by Gasteiger charge is -2.10. The lowest BCUT2D eigenvalue weighted by Crippen LogP contribution is -2.20. The molecule has 1 amide bonds. The summed E-state index contributed by atoms with van der Waals surface area (Å²) in [5.74, 6) is -1.36. The van der Waals surface area contributed by atoms with Gasteiger partial charge in [-0.3, -0.25) is 4.79 Å². The van der Waals surface area contributed by atoms with Gasteiger partial charge in [-0.15, -0.1) is 0 Å². The van der Waals surface area contributed by atoms with Crippen LogP contribution in [-0.4, -0.2) is 34.0 Å². The van der Waals surface area contributed by atoms with Gasteiger partial charge in [-0.2, -0.15) is 0 Å². The van der Waals surface area contributed by atoms with Crippen LogP contribution in [0.25, 0.3) is 11.3 Å². The van der Waals surface area contributed by atoms with Crippen LogP contribution in [0.3, 0.4) is 0 Å². The van der Waals surface area contributed by atoms with Crippen LogP contribution in [0.15, 0.2) is 30.5 Å². The number of carboxylic acid groups (broad SMARTS) is 1. The zero-order chi connectivity index (χ0) is 14.3. The summed E-state index contributed by atoms with van der Waals surface area (Å²) in [6.07, 6.45) is 1.77. The highest BCUT2D eigenvalue weighted by Gasteiger charge is 2.24. The molecule has 20 heavy (non-hydrogen) atoms. The van der Waals surface area contributed by atoms with Crippen LogP contribution in [0.4, 0.5) is 5.69 Å². The second-order valence-electron chi connectivity index (χ2n) is 4.54. The average Bonchev–Trinajstić information content (AvgIpc) is 2.74. The first-order valence-electron chi connectivity index (χ1n) is 6.02. The van der Waals surface area contributed by atoms with E-state index in [-0.39, 0.29) is 11.7 Å². The van der Waals surface area contributed by atoms with Crippen molar-refractivity contribution in [2.75, 3.05) is 11.9 Å². The van der Waals surface area contributed by atoms with Gasteiger partial charge in [0.25, 0.3) is 0 Å². The molecular weight excluding hydrogens is 258 g/mol. The van der Waals surface area contributed by atoms with E-state index in [1.54, 1.807) is 18.0 Å². The Morgan fingerprint density at radius 2 is 2.15 bits per heavy atom. The van der Waals surface area contributed by atoms with Crippen molar-refractivity contribution >= 4 is 17.6 Å². The maximum absolute atomic E-state index is 11.6. The molecule has 0 saturated heterocycles. The molecule has 6 heteroatoms. The van der Waals surface area contributed by atoms with Crippen molar-refractivity contribution in [1.29, 1.82) is 0 Å². The standard InChI is InChI=1S/C14H11N3O3/c1-17-11-3-2-8(6-9(11)7-12(17)18)10-4-5-15-13(16-10)14(19)20/h2-6H,7H2,1H3,(H,19,20). The Balaban J connectivity index is 2.04. The second kappa shape index (κ2) is 4.41. The van der Waals surface area contributed by atoms with Crippen molar-refractivity contribution in [3.63, 3.8) is 0 Å². The number of likely N-dealkylation sites (N-methyl/N-ethyl adjacent to an activating group) is 1. The first kappa shape index (κ1) is 12.3. The van der Waals surface area contributed by atoms with Crippen LogP contribution in [0, 0.1) is 0 Å². The first-order chi connectivity index (χ1) is 9.56. The van der Waals surface area contributed by atoms with E-state index in [1.165, 1.54) is 6.20 Å². The highest BCUT2D eigenvalue weighted by Crippen LogP contribution is 2.31. The van der Waals surface area contributed by atoms with Gasteiger partial charge < -0.3 is 10.0 Å². The van der Waals surface area contributed by atoms with E-state index in [0.717, 1.165) is 16.8 Å². The first-order valence-corrected chi connectivity index (χ1v) is 6.02. The van der Waals surface area contributed by atoms with Crippen molar-refractivity contribution in [3.05, 3.63) is 41.9 Å². The van der Waals surface area contributed by atoms with Crippen molar-refractivity contribution in [3.8, 4) is 11.3 Å². The van der Waals surface area contributed by atoms with E-state index in [4.69, 9.17) is 5.11 Å². The van der Waals surface area contributed by atoms with Crippen LogP contribution in [-0.2, 0) is 11.2 Å². The molecule has 0 atom stereocenters. The quantitative estimate of drug-likeness (QED) is 0.890. The van der Waals surface area contributed by atoms with Gasteiger partial charge in [-0.1, -0.05) is 6.07 Å². The van der Waals surface area contributed by atoms with Crippen molar-refractivity contribution in [2.24, 2.45) is 0 Å². The number of carboxylic acids is 1. The molecule has 6 nitrogen and oxygen atoms in total. The summed E-state index contributed by atoms with van der Waals surface area (Å²) in [7, 11) is 1.74. The molecule has 0 fully saturated rings. The molecule has 0 radical (unpaired) electrons. The summed E-state index contributed by atoms with van der Waals surface area (Å²) in [5, 5.41) is 8.90. The minimum Gasteiger partial charge on any atom is -0.475 e. The van der Waals surface area contributed by atoms with Crippen LogP contribution in [0.2, 0.25) is 0 Å². The smallest absolute Gasteiger partial charge is 0.373 e. The SMILES string of the molecule is CN1C(=O)Cc2cc(-c3ccnc(C(=O)O)n3)ccc21. The number of carbonyl (C=O) groups excluding carboxylic acids is 1. The summed E-state index contributed by atoms with van der Waals surface area (Å²) < 4.78 is 0. The third-order valence-electron chi connectivity index (χ3n) is 3.30. The van der Waals surface area contributed by atoms with Crippen LogP contribution < -0.4 is 4.90 Å².